The van der Waals surface area contributed by atoms with E-state index in [2.05, 4.69) is 42.5 Å². The maximum Gasteiger partial charge on any atom is 0.221 e. The molecule has 1 rings (SSSR count). The predicted molar refractivity (Wildman–Crippen MR) is 88.0 cm³/mol. The van der Waals surface area contributed by atoms with E-state index >= 15 is 0 Å². The molecule has 0 aromatic heterocycles. The summed E-state index contributed by atoms with van der Waals surface area (Å²) in [7, 11) is 1.64. The van der Waals surface area contributed by atoms with Crippen molar-refractivity contribution < 1.29 is 9.53 Å². The van der Waals surface area contributed by atoms with Gasteiger partial charge >= 0.3 is 0 Å². The van der Waals surface area contributed by atoms with E-state index in [0.717, 1.165) is 33.2 Å². The Bertz CT molecular complexity index is 430. The molecular formula is C14H20Br2N2O2. The van der Waals surface area contributed by atoms with Crippen molar-refractivity contribution in [3.05, 3.63) is 26.6 Å². The molecule has 0 radical (unpaired) electrons. The van der Waals surface area contributed by atoms with Crippen LogP contribution < -0.4 is 15.4 Å². The molecule has 0 saturated carbocycles. The van der Waals surface area contributed by atoms with E-state index in [4.69, 9.17) is 4.74 Å². The third kappa shape index (κ3) is 5.81. The van der Waals surface area contributed by atoms with E-state index < -0.39 is 0 Å². The number of hydrogen-bond acceptors (Lipinski definition) is 3. The minimum atomic E-state index is 0.0939. The summed E-state index contributed by atoms with van der Waals surface area (Å²) in [6, 6.07) is 4.02. The first-order chi connectivity index (χ1) is 9.58. The van der Waals surface area contributed by atoms with Crippen LogP contribution in [0.1, 0.15) is 25.3 Å². The number of carbonyl (C=O) groups is 1. The number of methoxy groups -OCH3 is 1. The molecule has 0 aliphatic rings. The fourth-order valence-electron chi connectivity index (χ4n) is 1.70. The highest BCUT2D eigenvalue weighted by Gasteiger charge is 2.07. The first-order valence-electron chi connectivity index (χ1n) is 6.57. The molecule has 6 heteroatoms. The second kappa shape index (κ2) is 9.37. The van der Waals surface area contributed by atoms with E-state index in [0.29, 0.717) is 19.5 Å². The summed E-state index contributed by atoms with van der Waals surface area (Å²) in [5, 5.41) is 6.11. The Morgan fingerprint density at radius 3 is 2.45 bits per heavy atom. The van der Waals surface area contributed by atoms with Crippen LogP contribution in [0, 0.1) is 0 Å². The van der Waals surface area contributed by atoms with E-state index in [1.807, 2.05) is 19.1 Å². The Kier molecular flexibility index (Phi) is 8.18. The fraction of sp³-hybridized carbons (Fsp3) is 0.500. The molecule has 112 valence electrons. The average Bonchev–Trinajstić information content (AvgIpc) is 2.41. The van der Waals surface area contributed by atoms with Gasteiger partial charge in [-0.1, -0.05) is 6.92 Å². The highest BCUT2D eigenvalue weighted by molar-refractivity contribution is 9.11. The number of hydrogen-bond donors (Lipinski definition) is 2. The van der Waals surface area contributed by atoms with Gasteiger partial charge in [-0.2, -0.15) is 0 Å². The number of halogens is 2. The van der Waals surface area contributed by atoms with Crippen LogP contribution in [-0.4, -0.2) is 26.1 Å². The fourth-order valence-corrected chi connectivity index (χ4v) is 3.30. The maximum absolute atomic E-state index is 11.4. The van der Waals surface area contributed by atoms with Gasteiger partial charge in [-0.05, 0) is 56.0 Å². The summed E-state index contributed by atoms with van der Waals surface area (Å²) in [4.78, 5) is 11.4. The molecule has 2 N–H and O–H groups in total. The van der Waals surface area contributed by atoms with Crippen LogP contribution in [-0.2, 0) is 11.3 Å². The number of rotatable bonds is 8. The van der Waals surface area contributed by atoms with Crippen LogP contribution in [0.25, 0.3) is 0 Å². The number of ether oxygens (including phenoxy) is 1. The van der Waals surface area contributed by atoms with Gasteiger partial charge in [0.15, 0.2) is 0 Å². The largest absolute Gasteiger partial charge is 0.494 e. The third-order valence-electron chi connectivity index (χ3n) is 2.69. The summed E-state index contributed by atoms with van der Waals surface area (Å²) in [6.07, 6.45) is 1.46. The van der Waals surface area contributed by atoms with Crippen molar-refractivity contribution in [2.75, 3.05) is 20.2 Å². The average molecular weight is 408 g/mol. The zero-order valence-corrected chi connectivity index (χ0v) is 14.9. The predicted octanol–water partition coefficient (Wildman–Crippen LogP) is 3.23. The second-order valence-corrected chi connectivity index (χ2v) is 6.08. The van der Waals surface area contributed by atoms with Crippen molar-refractivity contribution in [3.63, 3.8) is 0 Å². The minimum Gasteiger partial charge on any atom is -0.494 e. The van der Waals surface area contributed by atoms with Crippen LogP contribution in [0.4, 0.5) is 0 Å². The van der Waals surface area contributed by atoms with Crippen molar-refractivity contribution in [1.82, 2.24) is 10.6 Å². The van der Waals surface area contributed by atoms with Crippen LogP contribution >= 0.6 is 31.9 Å². The van der Waals surface area contributed by atoms with Crippen molar-refractivity contribution in [2.45, 2.75) is 26.3 Å². The molecule has 0 atom stereocenters. The van der Waals surface area contributed by atoms with Gasteiger partial charge in [0.05, 0.1) is 16.1 Å². The van der Waals surface area contributed by atoms with Gasteiger partial charge in [-0.15, -0.1) is 0 Å². The Labute approximate surface area is 136 Å². The van der Waals surface area contributed by atoms with Crippen molar-refractivity contribution in [3.8, 4) is 5.75 Å². The van der Waals surface area contributed by atoms with Gasteiger partial charge in [0.2, 0.25) is 5.91 Å². The number of amides is 1. The second-order valence-electron chi connectivity index (χ2n) is 4.37. The molecule has 0 bridgehead atoms. The number of benzene rings is 1. The van der Waals surface area contributed by atoms with Gasteiger partial charge in [-0.25, -0.2) is 0 Å². The van der Waals surface area contributed by atoms with E-state index in [9.17, 15) is 4.79 Å². The number of carbonyl (C=O) groups excluding carboxylic acids is 1. The third-order valence-corrected chi connectivity index (χ3v) is 3.87. The quantitative estimate of drug-likeness (QED) is 0.650. The lowest BCUT2D eigenvalue weighted by atomic mass is 10.2. The molecule has 1 aromatic rings. The van der Waals surface area contributed by atoms with Gasteiger partial charge < -0.3 is 15.4 Å². The summed E-state index contributed by atoms with van der Waals surface area (Å²) in [5.41, 5.74) is 1.12. The normalized spacial score (nSPS) is 10.4. The highest BCUT2D eigenvalue weighted by Crippen LogP contribution is 2.34. The van der Waals surface area contributed by atoms with Crippen LogP contribution in [0.3, 0.4) is 0 Å². The lowest BCUT2D eigenvalue weighted by molar-refractivity contribution is -0.120. The summed E-state index contributed by atoms with van der Waals surface area (Å²) in [6.45, 7) is 4.16. The van der Waals surface area contributed by atoms with Gasteiger partial charge in [0.25, 0.3) is 0 Å². The lowest BCUT2D eigenvalue weighted by Crippen LogP contribution is -2.28. The van der Waals surface area contributed by atoms with Gasteiger partial charge in [-0.3, -0.25) is 4.79 Å². The molecule has 0 spiro atoms. The lowest BCUT2D eigenvalue weighted by Gasteiger charge is -2.10. The molecule has 0 aliphatic carbocycles. The standard InChI is InChI=1S/C14H20Br2N2O2/c1-3-5-18-13(19)4-6-17-9-10-7-11(15)14(20-2)12(16)8-10/h7-8,17H,3-6,9H2,1-2H3,(H,18,19). The highest BCUT2D eigenvalue weighted by atomic mass is 79.9. The first kappa shape index (κ1) is 17.5. The number of nitrogens with one attached hydrogen (secondary N) is 2. The zero-order valence-electron chi connectivity index (χ0n) is 11.8. The Morgan fingerprint density at radius 1 is 1.25 bits per heavy atom. The molecule has 1 aromatic carbocycles. The molecule has 20 heavy (non-hydrogen) atoms. The summed E-state index contributed by atoms with van der Waals surface area (Å²) < 4.78 is 7.08. The Morgan fingerprint density at radius 2 is 1.90 bits per heavy atom. The summed E-state index contributed by atoms with van der Waals surface area (Å²) in [5.74, 6) is 0.879. The Balaban J connectivity index is 2.37. The molecule has 0 heterocycles. The van der Waals surface area contributed by atoms with Crippen LogP contribution in [0.5, 0.6) is 5.75 Å². The summed E-state index contributed by atoms with van der Waals surface area (Å²) >= 11 is 6.94. The van der Waals surface area contributed by atoms with E-state index in [-0.39, 0.29) is 5.91 Å². The molecule has 0 saturated heterocycles. The molecule has 1 amide bonds. The molecule has 0 aliphatic heterocycles. The van der Waals surface area contributed by atoms with Crippen LogP contribution in [0.15, 0.2) is 21.1 Å². The van der Waals surface area contributed by atoms with Gasteiger partial charge in [0, 0.05) is 26.1 Å². The molecular weight excluding hydrogens is 388 g/mol. The monoisotopic (exact) mass is 406 g/mol. The van der Waals surface area contributed by atoms with Crippen molar-refractivity contribution >= 4 is 37.8 Å². The van der Waals surface area contributed by atoms with E-state index in [1.165, 1.54) is 0 Å². The van der Waals surface area contributed by atoms with E-state index in [1.54, 1.807) is 7.11 Å². The van der Waals surface area contributed by atoms with Crippen molar-refractivity contribution in [2.24, 2.45) is 0 Å². The molecule has 4 nitrogen and oxygen atoms in total. The first-order valence-corrected chi connectivity index (χ1v) is 8.16. The Hall–Kier alpha value is -0.590. The zero-order chi connectivity index (χ0) is 15.0. The maximum atomic E-state index is 11.4. The van der Waals surface area contributed by atoms with Crippen LogP contribution in [0.2, 0.25) is 0 Å². The topological polar surface area (TPSA) is 50.4 Å². The molecule has 0 unspecified atom stereocenters. The van der Waals surface area contributed by atoms with Gasteiger partial charge in [0.1, 0.15) is 5.75 Å². The van der Waals surface area contributed by atoms with Crippen molar-refractivity contribution in [1.29, 1.82) is 0 Å². The SMILES string of the molecule is CCCNC(=O)CCNCc1cc(Br)c(OC)c(Br)c1. The molecule has 0 fully saturated rings. The minimum absolute atomic E-state index is 0.0939. The smallest absolute Gasteiger partial charge is 0.221 e.